The van der Waals surface area contributed by atoms with Crippen LogP contribution in [0.15, 0.2) is 146 Å². The molecule has 0 spiro atoms. The fourth-order valence-corrected chi connectivity index (χ4v) is 14.2. The topological polar surface area (TPSA) is 390 Å². The summed E-state index contributed by atoms with van der Waals surface area (Å²) in [5, 5.41) is 0. The van der Waals surface area contributed by atoms with Crippen molar-refractivity contribution in [2.24, 2.45) is 0 Å². The van der Waals surface area contributed by atoms with Crippen LogP contribution in [0.25, 0.3) is 11.1 Å². The largest absolute Gasteiger partial charge is 0.497 e. The standard InChI is InChI=1S/C84H79NO30/c1-40-33-58-66(77(108-47(8)91)64(40)82(99)85(37-62(95)112-72(51-25-17-13-18-26-51)52-27-19-14-20-28-52)38-63(96)113-73(53-29-21-15-22-30-53)54-31-23-16-24-32-54)67-59(36-57-68(78(67)109-48(9)92)70(98)56-34-55(100-12)35-60(103-42(3)86)65(56)69(57)97)74(106-45(6)89)75(58)114-84-81(111-50(11)94)79(71(41(2)102-84)105-44(5)88)115-83-80(110-49(10)93)76(107-46(7)90)61(39-101-83)104-43(4)87/h13-36,41,61,71-76,79-81,83-84H,37-39H2,1-12H3/t41-,61-,71+,74+,75+,76+,79+,80-,81-,83+,84+/m1/s1. The molecule has 2 aliphatic heterocycles. The molecule has 0 unspecified atom stereocenters. The Kier molecular flexibility index (Phi) is 25.9. The molecular formula is C84H79NO30. The maximum absolute atomic E-state index is 16.7. The Morgan fingerprint density at radius 1 is 0.435 bits per heavy atom. The summed E-state index contributed by atoms with van der Waals surface area (Å²) in [5.74, 6) is -17.3. The van der Waals surface area contributed by atoms with Crippen LogP contribution in [0.2, 0.25) is 0 Å². The molecule has 7 aromatic carbocycles. The predicted molar refractivity (Wildman–Crippen MR) is 393 cm³/mol. The highest BCUT2D eigenvalue weighted by Crippen LogP contribution is 2.59. The molecule has 115 heavy (non-hydrogen) atoms. The Morgan fingerprint density at radius 2 is 0.861 bits per heavy atom. The van der Waals surface area contributed by atoms with Crippen molar-refractivity contribution in [3.63, 3.8) is 0 Å². The number of benzene rings is 7. The second kappa shape index (κ2) is 35.9. The van der Waals surface area contributed by atoms with Crippen LogP contribution in [0, 0.1) is 6.92 Å². The van der Waals surface area contributed by atoms with Crippen molar-refractivity contribution in [1.82, 2.24) is 4.90 Å². The van der Waals surface area contributed by atoms with E-state index in [4.69, 9.17) is 75.8 Å². The SMILES string of the molecule is COc1cc(OC(C)=O)c2c(c1)C(=O)c1c(cc3c(c1OC(C)=O)-c1c(cc(C)c(C(=O)N(CC(=O)OC(c4ccccc4)c4ccccc4)CC(=O)OC(c4ccccc4)c4ccccc4)c1OC(C)=O)[C@H](O[C@@H]1O[C@H](C)[C@H](OC(C)=O)[C@H](O[C@@H]4OC[C@@H](OC(C)=O)[C@H](OC(C)=O)[C@H]4OC(C)=O)[C@H]1OC(C)=O)[C@H]3OC(C)=O)C2=O. The molecule has 31 heteroatoms. The van der Waals surface area contributed by atoms with Crippen molar-refractivity contribution in [2.45, 2.75) is 156 Å². The van der Waals surface area contributed by atoms with Crippen LogP contribution < -0.4 is 18.9 Å². The average molecular weight is 1580 g/mol. The molecule has 0 aromatic heterocycles. The molecule has 2 aliphatic carbocycles. The van der Waals surface area contributed by atoms with Gasteiger partial charge in [0.1, 0.15) is 36.8 Å². The molecule has 7 aromatic rings. The number of amides is 1. The molecule has 2 fully saturated rings. The van der Waals surface area contributed by atoms with Gasteiger partial charge in [0.05, 0.1) is 36.5 Å². The zero-order chi connectivity index (χ0) is 83.0. The number of methoxy groups -OCH3 is 1. The third kappa shape index (κ3) is 18.8. The number of carbonyl (C=O) groups is 14. The first-order valence-electron chi connectivity index (χ1n) is 36.1. The number of aryl methyl sites for hydroxylation is 1. The molecule has 1 amide bonds. The first kappa shape index (κ1) is 83.1. The fourth-order valence-electron chi connectivity index (χ4n) is 14.2. The zero-order valence-corrected chi connectivity index (χ0v) is 64.2. The minimum atomic E-state index is -2.15. The highest BCUT2D eigenvalue weighted by Gasteiger charge is 2.57. The molecule has 0 N–H and O–H groups in total. The second-order valence-corrected chi connectivity index (χ2v) is 27.0. The van der Waals surface area contributed by atoms with Gasteiger partial charge in [0.25, 0.3) is 5.91 Å². The summed E-state index contributed by atoms with van der Waals surface area (Å²) in [6.45, 7) is 8.73. The fraction of sp³-hybridized carbons (Fsp3) is 0.333. The lowest BCUT2D eigenvalue weighted by molar-refractivity contribution is -0.355. The van der Waals surface area contributed by atoms with E-state index in [1.54, 1.807) is 121 Å². The van der Waals surface area contributed by atoms with E-state index < -0.39 is 244 Å². The highest BCUT2D eigenvalue weighted by atomic mass is 16.8. The van der Waals surface area contributed by atoms with Crippen molar-refractivity contribution in [3.05, 3.63) is 212 Å². The van der Waals surface area contributed by atoms with Crippen LogP contribution in [0.4, 0.5) is 0 Å². The molecule has 4 aliphatic rings. The summed E-state index contributed by atoms with van der Waals surface area (Å²) < 4.78 is 97.3. The number of rotatable bonds is 25. The van der Waals surface area contributed by atoms with E-state index in [9.17, 15) is 43.2 Å². The Hall–Kier alpha value is -12.8. The van der Waals surface area contributed by atoms with Gasteiger partial charge in [-0.05, 0) is 59.4 Å². The van der Waals surface area contributed by atoms with Gasteiger partial charge in [-0.15, -0.1) is 0 Å². The first-order valence-corrected chi connectivity index (χ1v) is 36.1. The van der Waals surface area contributed by atoms with Crippen LogP contribution in [-0.4, -0.2) is 170 Å². The first-order chi connectivity index (χ1) is 54.8. The Morgan fingerprint density at radius 3 is 1.33 bits per heavy atom. The molecule has 0 saturated carbocycles. The van der Waals surface area contributed by atoms with Crippen LogP contribution in [-0.2, 0) is 110 Å². The minimum Gasteiger partial charge on any atom is -0.497 e. The van der Waals surface area contributed by atoms with E-state index in [1.165, 1.54) is 27.0 Å². The van der Waals surface area contributed by atoms with Gasteiger partial charge in [0.2, 0.25) is 0 Å². The number of fused-ring (bicyclic) bond motifs is 5. The van der Waals surface area contributed by atoms with E-state index in [0.717, 1.165) is 85.4 Å². The average Bonchev–Trinajstić information content (AvgIpc) is 0.696. The molecule has 0 radical (unpaired) electrons. The summed E-state index contributed by atoms with van der Waals surface area (Å²) in [4.78, 5) is 200. The Bertz CT molecular complexity index is 4810. The van der Waals surface area contributed by atoms with Gasteiger partial charge in [-0.3, -0.25) is 67.1 Å². The van der Waals surface area contributed by atoms with Gasteiger partial charge in [0.15, 0.2) is 84.5 Å². The molecular weight excluding hydrogens is 1500 g/mol. The van der Waals surface area contributed by atoms with E-state index in [1.807, 2.05) is 0 Å². The maximum atomic E-state index is 16.7. The van der Waals surface area contributed by atoms with Crippen molar-refractivity contribution in [3.8, 4) is 34.1 Å². The maximum Gasteiger partial charge on any atom is 0.326 e. The van der Waals surface area contributed by atoms with E-state index >= 15 is 24.0 Å². The second-order valence-electron chi connectivity index (χ2n) is 27.0. The van der Waals surface area contributed by atoms with Crippen molar-refractivity contribution in [1.29, 1.82) is 0 Å². The lowest BCUT2D eigenvalue weighted by Gasteiger charge is -2.48. The zero-order valence-electron chi connectivity index (χ0n) is 64.2. The lowest BCUT2D eigenvalue weighted by Crippen LogP contribution is -2.65. The monoisotopic (exact) mass is 1580 g/mol. The van der Waals surface area contributed by atoms with Gasteiger partial charge in [-0.2, -0.15) is 0 Å². The summed E-state index contributed by atoms with van der Waals surface area (Å²) in [7, 11) is 1.22. The van der Waals surface area contributed by atoms with Crippen molar-refractivity contribution in [2.75, 3.05) is 26.8 Å². The number of ketones is 2. The van der Waals surface area contributed by atoms with Crippen LogP contribution in [0.1, 0.15) is 175 Å². The number of carbonyl (C=O) groups excluding carboxylic acids is 14. The number of hydrogen-bond acceptors (Lipinski definition) is 30. The molecule has 11 atom stereocenters. The molecule has 2 saturated heterocycles. The van der Waals surface area contributed by atoms with Gasteiger partial charge in [-0.1, -0.05) is 127 Å². The molecule has 2 heterocycles. The Balaban J connectivity index is 1.16. The van der Waals surface area contributed by atoms with Crippen LogP contribution >= 0.6 is 0 Å². The molecule has 11 rings (SSSR count). The summed E-state index contributed by atoms with van der Waals surface area (Å²) >= 11 is 0. The van der Waals surface area contributed by atoms with Crippen LogP contribution in [0.5, 0.6) is 23.0 Å². The summed E-state index contributed by atoms with van der Waals surface area (Å²) in [6.07, 6.45) is -22.7. The molecule has 600 valence electrons. The number of esters is 11. The van der Waals surface area contributed by atoms with E-state index in [-0.39, 0.29) is 16.9 Å². The predicted octanol–water partition coefficient (Wildman–Crippen LogP) is 9.15. The Labute approximate surface area is 657 Å². The smallest absolute Gasteiger partial charge is 0.326 e. The van der Waals surface area contributed by atoms with Gasteiger partial charge in [-0.25, -0.2) is 0 Å². The van der Waals surface area contributed by atoms with Gasteiger partial charge >= 0.3 is 65.7 Å². The third-order valence-corrected chi connectivity index (χ3v) is 18.5. The molecule has 31 nitrogen and oxygen atoms in total. The third-order valence-electron chi connectivity index (χ3n) is 18.5. The number of hydrogen-bond donors (Lipinski definition) is 0. The van der Waals surface area contributed by atoms with E-state index in [2.05, 4.69) is 0 Å². The number of nitrogens with zero attached hydrogens (tertiary/aromatic N) is 1. The quantitative estimate of drug-likeness (QED) is 0.0292. The number of ether oxygens (including phenoxy) is 16. The van der Waals surface area contributed by atoms with Gasteiger partial charge in [0, 0.05) is 96.2 Å². The van der Waals surface area contributed by atoms with E-state index in [0.29, 0.717) is 22.3 Å². The minimum absolute atomic E-state index is 0.112. The lowest BCUT2D eigenvalue weighted by atomic mass is 9.73. The van der Waals surface area contributed by atoms with Gasteiger partial charge < -0.3 is 80.7 Å². The van der Waals surface area contributed by atoms with Crippen molar-refractivity contribution >= 4 is 83.1 Å². The van der Waals surface area contributed by atoms with Crippen molar-refractivity contribution < 1.29 is 143 Å². The normalized spacial score (nSPS) is 20.4. The summed E-state index contributed by atoms with van der Waals surface area (Å²) in [5.41, 5.74) is -3.11. The molecule has 0 bridgehead atoms. The van der Waals surface area contributed by atoms with Crippen LogP contribution in [0.3, 0.4) is 0 Å². The summed E-state index contributed by atoms with van der Waals surface area (Å²) in [6, 6.07) is 38.9. The highest BCUT2D eigenvalue weighted by molar-refractivity contribution is 6.31.